The molecule has 0 bridgehead atoms. The normalized spacial score (nSPS) is 14.0. The zero-order valence-corrected chi connectivity index (χ0v) is 13.0. The van der Waals surface area contributed by atoms with Crippen molar-refractivity contribution >= 4 is 15.9 Å². The lowest BCUT2D eigenvalue weighted by Gasteiger charge is -2.22. The largest absolute Gasteiger partial charge is 0.508 e. The fraction of sp³-hybridized carbons (Fsp3) is 0.250. The van der Waals surface area contributed by atoms with E-state index in [0.29, 0.717) is 5.56 Å². The van der Waals surface area contributed by atoms with E-state index in [4.69, 9.17) is 0 Å². The van der Waals surface area contributed by atoms with Crippen molar-refractivity contribution in [2.24, 2.45) is 0 Å². The standard InChI is InChI=1S/C16H17BrFNO/c1-10(13-5-3-4-6-15(13)17)19-11(2)14-8-7-12(20)9-16(14)18/h3-11,19-20H,1-2H3/t10-,11?/m1/s1. The maximum atomic E-state index is 13.8. The van der Waals surface area contributed by atoms with Crippen LogP contribution in [0.3, 0.4) is 0 Å². The number of aromatic hydroxyl groups is 1. The van der Waals surface area contributed by atoms with E-state index in [2.05, 4.69) is 21.2 Å². The van der Waals surface area contributed by atoms with Crippen LogP contribution in [0, 0.1) is 5.82 Å². The summed E-state index contributed by atoms with van der Waals surface area (Å²) in [5.74, 6) is -0.457. The molecule has 2 rings (SSSR count). The van der Waals surface area contributed by atoms with Gasteiger partial charge < -0.3 is 10.4 Å². The predicted octanol–water partition coefficient (Wildman–Crippen LogP) is 4.71. The summed E-state index contributed by atoms with van der Waals surface area (Å²) in [4.78, 5) is 0. The van der Waals surface area contributed by atoms with E-state index >= 15 is 0 Å². The highest BCUT2D eigenvalue weighted by molar-refractivity contribution is 9.10. The number of phenols is 1. The third-order valence-corrected chi connectivity index (χ3v) is 4.04. The number of benzene rings is 2. The van der Waals surface area contributed by atoms with E-state index in [1.54, 1.807) is 6.07 Å². The molecule has 1 unspecified atom stereocenters. The second-order valence-electron chi connectivity index (χ2n) is 4.84. The van der Waals surface area contributed by atoms with Crippen LogP contribution in [0.2, 0.25) is 0 Å². The SMILES string of the molecule is CC(N[C@H](C)c1ccccc1Br)c1ccc(O)cc1F. The molecule has 4 heteroatoms. The Bertz CT molecular complexity index is 603. The molecule has 2 aromatic carbocycles. The molecule has 2 atom stereocenters. The van der Waals surface area contributed by atoms with Crippen molar-refractivity contribution in [1.29, 1.82) is 0 Å². The maximum absolute atomic E-state index is 13.8. The molecule has 0 spiro atoms. The van der Waals surface area contributed by atoms with Gasteiger partial charge in [-0.1, -0.05) is 40.2 Å². The van der Waals surface area contributed by atoms with Gasteiger partial charge in [0, 0.05) is 28.2 Å². The van der Waals surface area contributed by atoms with Crippen LogP contribution < -0.4 is 5.32 Å². The molecular formula is C16H17BrFNO. The highest BCUT2D eigenvalue weighted by atomic mass is 79.9. The summed E-state index contributed by atoms with van der Waals surface area (Å²) in [6.45, 7) is 3.94. The van der Waals surface area contributed by atoms with Crippen LogP contribution in [0.5, 0.6) is 5.75 Å². The molecule has 0 aliphatic rings. The molecule has 0 fully saturated rings. The summed E-state index contributed by atoms with van der Waals surface area (Å²) in [5, 5.41) is 12.6. The quantitative estimate of drug-likeness (QED) is 0.847. The van der Waals surface area contributed by atoms with Crippen LogP contribution in [-0.4, -0.2) is 5.11 Å². The highest BCUT2D eigenvalue weighted by Gasteiger charge is 2.16. The molecule has 0 saturated heterocycles. The summed E-state index contributed by atoms with van der Waals surface area (Å²) < 4.78 is 14.9. The number of nitrogens with one attached hydrogen (secondary N) is 1. The summed E-state index contributed by atoms with van der Waals surface area (Å²) in [6.07, 6.45) is 0. The number of phenolic OH excluding ortho intramolecular Hbond substituents is 1. The second-order valence-corrected chi connectivity index (χ2v) is 5.69. The van der Waals surface area contributed by atoms with Crippen molar-refractivity contribution in [2.45, 2.75) is 25.9 Å². The average Bonchev–Trinajstić information content (AvgIpc) is 2.38. The Kier molecular flexibility index (Phi) is 4.78. The van der Waals surface area contributed by atoms with Gasteiger partial charge in [-0.05, 0) is 31.5 Å². The number of hydrogen-bond donors (Lipinski definition) is 2. The molecule has 0 saturated carbocycles. The predicted molar refractivity (Wildman–Crippen MR) is 82.2 cm³/mol. The zero-order valence-electron chi connectivity index (χ0n) is 11.4. The van der Waals surface area contributed by atoms with E-state index in [1.807, 2.05) is 38.1 Å². The van der Waals surface area contributed by atoms with Crippen molar-refractivity contribution in [2.75, 3.05) is 0 Å². The van der Waals surface area contributed by atoms with Gasteiger partial charge in [-0.15, -0.1) is 0 Å². The number of hydrogen-bond acceptors (Lipinski definition) is 2. The van der Waals surface area contributed by atoms with Gasteiger partial charge in [-0.3, -0.25) is 0 Å². The maximum Gasteiger partial charge on any atom is 0.131 e. The smallest absolute Gasteiger partial charge is 0.131 e. The first-order valence-electron chi connectivity index (χ1n) is 6.48. The second kappa shape index (κ2) is 6.37. The fourth-order valence-corrected chi connectivity index (χ4v) is 2.88. The highest BCUT2D eigenvalue weighted by Crippen LogP contribution is 2.27. The van der Waals surface area contributed by atoms with Gasteiger partial charge in [0.1, 0.15) is 11.6 Å². The van der Waals surface area contributed by atoms with E-state index in [0.717, 1.165) is 16.1 Å². The zero-order chi connectivity index (χ0) is 14.7. The van der Waals surface area contributed by atoms with Crippen LogP contribution in [0.15, 0.2) is 46.9 Å². The Morgan fingerprint density at radius 1 is 1.05 bits per heavy atom. The molecule has 0 radical (unpaired) electrons. The molecule has 0 aliphatic heterocycles. The van der Waals surface area contributed by atoms with Crippen LogP contribution >= 0.6 is 15.9 Å². The van der Waals surface area contributed by atoms with E-state index in [1.165, 1.54) is 6.07 Å². The Morgan fingerprint density at radius 2 is 1.70 bits per heavy atom. The molecule has 0 aliphatic carbocycles. The van der Waals surface area contributed by atoms with Crippen molar-refractivity contribution < 1.29 is 9.50 Å². The fourth-order valence-electron chi connectivity index (χ4n) is 2.25. The van der Waals surface area contributed by atoms with Gasteiger partial charge in [-0.25, -0.2) is 4.39 Å². The van der Waals surface area contributed by atoms with Crippen LogP contribution in [0.1, 0.15) is 37.1 Å². The van der Waals surface area contributed by atoms with Gasteiger partial charge in [0.15, 0.2) is 0 Å². The van der Waals surface area contributed by atoms with Gasteiger partial charge in [0.05, 0.1) is 0 Å². The molecule has 0 heterocycles. The van der Waals surface area contributed by atoms with Crippen molar-refractivity contribution in [3.8, 4) is 5.75 Å². The number of rotatable bonds is 4. The number of halogens is 2. The summed E-state index contributed by atoms with van der Waals surface area (Å²) in [5.41, 5.74) is 1.67. The lowest BCUT2D eigenvalue weighted by Crippen LogP contribution is -2.23. The van der Waals surface area contributed by atoms with Crippen LogP contribution in [0.4, 0.5) is 4.39 Å². The minimum atomic E-state index is -0.399. The molecule has 0 aromatic heterocycles. The minimum Gasteiger partial charge on any atom is -0.508 e. The Morgan fingerprint density at radius 3 is 2.35 bits per heavy atom. The average molecular weight is 338 g/mol. The van der Waals surface area contributed by atoms with E-state index in [9.17, 15) is 9.50 Å². The monoisotopic (exact) mass is 337 g/mol. The van der Waals surface area contributed by atoms with Crippen LogP contribution in [0.25, 0.3) is 0 Å². The summed E-state index contributed by atoms with van der Waals surface area (Å²) in [7, 11) is 0. The van der Waals surface area contributed by atoms with Gasteiger partial charge in [0.25, 0.3) is 0 Å². The van der Waals surface area contributed by atoms with Crippen LogP contribution in [-0.2, 0) is 0 Å². The van der Waals surface area contributed by atoms with Crippen molar-refractivity contribution in [1.82, 2.24) is 5.32 Å². The third kappa shape index (κ3) is 3.38. The van der Waals surface area contributed by atoms with Gasteiger partial charge in [-0.2, -0.15) is 0 Å². The van der Waals surface area contributed by atoms with Gasteiger partial charge >= 0.3 is 0 Å². The topological polar surface area (TPSA) is 32.3 Å². The van der Waals surface area contributed by atoms with E-state index < -0.39 is 5.82 Å². The first kappa shape index (κ1) is 15.0. The Balaban J connectivity index is 2.15. The van der Waals surface area contributed by atoms with E-state index in [-0.39, 0.29) is 17.8 Å². The Hall–Kier alpha value is -1.39. The van der Waals surface area contributed by atoms with Gasteiger partial charge in [0.2, 0.25) is 0 Å². The molecular weight excluding hydrogens is 321 g/mol. The first-order chi connectivity index (χ1) is 9.49. The lowest BCUT2D eigenvalue weighted by atomic mass is 10.0. The Labute approximate surface area is 126 Å². The summed E-state index contributed by atoms with van der Waals surface area (Å²) >= 11 is 3.52. The van der Waals surface area contributed by atoms with Crippen molar-refractivity contribution in [3.63, 3.8) is 0 Å². The molecule has 0 amide bonds. The molecule has 2 nitrogen and oxygen atoms in total. The lowest BCUT2D eigenvalue weighted by molar-refractivity contribution is 0.454. The molecule has 20 heavy (non-hydrogen) atoms. The minimum absolute atomic E-state index is 0.0581. The molecule has 2 N–H and O–H groups in total. The molecule has 106 valence electrons. The third-order valence-electron chi connectivity index (χ3n) is 3.32. The molecule has 2 aromatic rings. The summed E-state index contributed by atoms with van der Waals surface area (Å²) in [6, 6.07) is 12.1. The first-order valence-corrected chi connectivity index (χ1v) is 7.27. The van der Waals surface area contributed by atoms with Crippen molar-refractivity contribution in [3.05, 3.63) is 63.9 Å².